The highest BCUT2D eigenvalue weighted by Gasteiger charge is 2.22. The van der Waals surface area contributed by atoms with Crippen molar-refractivity contribution in [2.45, 2.75) is 45.2 Å². The van der Waals surface area contributed by atoms with E-state index in [1.165, 1.54) is 12.8 Å². The lowest BCUT2D eigenvalue weighted by Gasteiger charge is -2.12. The van der Waals surface area contributed by atoms with E-state index in [9.17, 15) is 4.79 Å². The molecule has 5 nitrogen and oxygen atoms in total. The standard InChI is InChI=1S/C17H24N4O/c1-12-10-18-17(20-12)19-11-13-5-4-8-15(9-13)21-16(22)14-6-2-3-7-14/h4-5,8-9,12,14H,2-3,6-7,10-11H2,1H3,(H,21,22)(H2,18,19,20). The quantitative estimate of drug-likeness (QED) is 0.799. The van der Waals surface area contributed by atoms with Gasteiger partial charge in [-0.1, -0.05) is 25.0 Å². The van der Waals surface area contributed by atoms with Crippen LogP contribution in [-0.4, -0.2) is 24.5 Å². The van der Waals surface area contributed by atoms with Crippen molar-refractivity contribution in [2.75, 3.05) is 11.9 Å². The van der Waals surface area contributed by atoms with E-state index in [1.54, 1.807) is 0 Å². The minimum Gasteiger partial charge on any atom is -0.352 e. The number of guanidine groups is 1. The smallest absolute Gasteiger partial charge is 0.227 e. The molecule has 3 N–H and O–H groups in total. The fraction of sp³-hybridized carbons (Fsp3) is 0.529. The number of nitrogens with zero attached hydrogens (tertiary/aromatic N) is 1. The number of anilines is 1. The van der Waals surface area contributed by atoms with Gasteiger partial charge in [0.2, 0.25) is 5.91 Å². The molecule has 1 amide bonds. The molecule has 1 aromatic carbocycles. The van der Waals surface area contributed by atoms with Crippen LogP contribution in [0.25, 0.3) is 0 Å². The second kappa shape index (κ2) is 6.81. The first-order valence-electron chi connectivity index (χ1n) is 8.15. The van der Waals surface area contributed by atoms with Crippen molar-refractivity contribution in [1.82, 2.24) is 10.6 Å². The van der Waals surface area contributed by atoms with E-state index >= 15 is 0 Å². The molecule has 1 unspecified atom stereocenters. The summed E-state index contributed by atoms with van der Waals surface area (Å²) in [5.41, 5.74) is 2.01. The molecule has 22 heavy (non-hydrogen) atoms. The van der Waals surface area contributed by atoms with Gasteiger partial charge < -0.3 is 16.0 Å². The average Bonchev–Trinajstić information content (AvgIpc) is 3.17. The van der Waals surface area contributed by atoms with Crippen LogP contribution < -0.4 is 16.0 Å². The third-order valence-electron chi connectivity index (χ3n) is 4.29. The van der Waals surface area contributed by atoms with Crippen LogP contribution in [0.1, 0.15) is 38.2 Å². The lowest BCUT2D eigenvalue weighted by atomic mass is 10.1. The van der Waals surface area contributed by atoms with Crippen molar-refractivity contribution in [3.8, 4) is 0 Å². The van der Waals surface area contributed by atoms with Crippen molar-refractivity contribution in [3.05, 3.63) is 29.8 Å². The molecule has 1 aliphatic heterocycles. The van der Waals surface area contributed by atoms with Crippen LogP contribution >= 0.6 is 0 Å². The highest BCUT2D eigenvalue weighted by atomic mass is 16.1. The molecule has 2 aliphatic rings. The number of carbonyl (C=O) groups is 1. The Morgan fingerprint density at radius 1 is 1.36 bits per heavy atom. The Hall–Kier alpha value is -2.04. The Bertz CT molecular complexity index is 564. The summed E-state index contributed by atoms with van der Waals surface area (Å²) in [4.78, 5) is 16.6. The number of aliphatic imine (C=N–C) groups is 1. The second-order valence-electron chi connectivity index (χ2n) is 6.26. The normalized spacial score (nSPS) is 21.3. The molecule has 1 fully saturated rings. The van der Waals surface area contributed by atoms with Gasteiger partial charge in [-0.3, -0.25) is 9.79 Å². The van der Waals surface area contributed by atoms with Crippen molar-refractivity contribution in [1.29, 1.82) is 0 Å². The Kier molecular flexibility index (Phi) is 4.61. The van der Waals surface area contributed by atoms with Crippen LogP contribution in [0.4, 0.5) is 5.69 Å². The Morgan fingerprint density at radius 2 is 2.18 bits per heavy atom. The highest BCUT2D eigenvalue weighted by Crippen LogP contribution is 2.26. The summed E-state index contributed by atoms with van der Waals surface area (Å²) >= 11 is 0. The summed E-state index contributed by atoms with van der Waals surface area (Å²) in [6, 6.07) is 8.41. The number of carbonyl (C=O) groups excluding carboxylic acids is 1. The predicted molar refractivity (Wildman–Crippen MR) is 88.8 cm³/mol. The summed E-state index contributed by atoms with van der Waals surface area (Å²) in [5.74, 6) is 1.21. The largest absolute Gasteiger partial charge is 0.352 e. The lowest BCUT2D eigenvalue weighted by Crippen LogP contribution is -2.37. The van der Waals surface area contributed by atoms with Gasteiger partial charge in [0.05, 0.1) is 6.54 Å². The van der Waals surface area contributed by atoms with E-state index in [0.29, 0.717) is 12.6 Å². The summed E-state index contributed by atoms with van der Waals surface area (Å²) < 4.78 is 0. The van der Waals surface area contributed by atoms with Gasteiger partial charge in [0.25, 0.3) is 0 Å². The Labute approximate surface area is 131 Å². The zero-order valence-corrected chi connectivity index (χ0v) is 13.1. The zero-order chi connectivity index (χ0) is 15.4. The molecule has 5 heteroatoms. The number of rotatable bonds is 4. The molecular weight excluding hydrogens is 276 g/mol. The fourth-order valence-corrected chi connectivity index (χ4v) is 3.04. The minimum atomic E-state index is 0.165. The van der Waals surface area contributed by atoms with Crippen LogP contribution in [-0.2, 0) is 11.3 Å². The number of nitrogens with one attached hydrogen (secondary N) is 3. The van der Waals surface area contributed by atoms with Crippen molar-refractivity contribution < 1.29 is 4.79 Å². The molecule has 0 bridgehead atoms. The number of amides is 1. The van der Waals surface area contributed by atoms with Crippen molar-refractivity contribution >= 4 is 17.6 Å². The summed E-state index contributed by atoms with van der Waals surface area (Å²) in [5, 5.41) is 9.61. The van der Waals surface area contributed by atoms with E-state index in [1.807, 2.05) is 18.2 Å². The molecule has 118 valence electrons. The maximum absolute atomic E-state index is 12.2. The van der Waals surface area contributed by atoms with Gasteiger partial charge in [-0.25, -0.2) is 0 Å². The number of hydrogen-bond donors (Lipinski definition) is 3. The van der Waals surface area contributed by atoms with E-state index < -0.39 is 0 Å². The molecule has 1 saturated carbocycles. The number of benzene rings is 1. The van der Waals surface area contributed by atoms with Gasteiger partial charge >= 0.3 is 0 Å². The van der Waals surface area contributed by atoms with E-state index in [-0.39, 0.29) is 11.8 Å². The molecule has 1 aliphatic carbocycles. The third kappa shape index (κ3) is 3.78. The zero-order valence-electron chi connectivity index (χ0n) is 13.1. The molecule has 1 heterocycles. The van der Waals surface area contributed by atoms with E-state index in [0.717, 1.165) is 36.6 Å². The van der Waals surface area contributed by atoms with Gasteiger partial charge in [-0.2, -0.15) is 0 Å². The average molecular weight is 300 g/mol. The Balaban J connectivity index is 1.54. The molecule has 1 atom stereocenters. The molecule has 0 saturated heterocycles. The van der Waals surface area contributed by atoms with Crippen molar-refractivity contribution in [3.63, 3.8) is 0 Å². The molecule has 3 rings (SSSR count). The second-order valence-corrected chi connectivity index (χ2v) is 6.26. The van der Waals surface area contributed by atoms with Crippen LogP contribution in [0.5, 0.6) is 0 Å². The summed E-state index contributed by atoms with van der Waals surface area (Å²) in [7, 11) is 0. The number of hydrogen-bond acceptors (Lipinski definition) is 4. The van der Waals surface area contributed by atoms with E-state index in [2.05, 4.69) is 33.9 Å². The first-order chi connectivity index (χ1) is 10.7. The van der Waals surface area contributed by atoms with Gasteiger partial charge in [0.15, 0.2) is 5.96 Å². The van der Waals surface area contributed by atoms with Gasteiger partial charge in [0, 0.05) is 24.2 Å². The Morgan fingerprint density at radius 3 is 2.91 bits per heavy atom. The fourth-order valence-electron chi connectivity index (χ4n) is 3.04. The van der Waals surface area contributed by atoms with Gasteiger partial charge in [-0.15, -0.1) is 0 Å². The highest BCUT2D eigenvalue weighted by molar-refractivity contribution is 5.92. The van der Waals surface area contributed by atoms with Crippen LogP contribution in [0.15, 0.2) is 29.3 Å². The summed E-state index contributed by atoms with van der Waals surface area (Å²) in [6.45, 7) is 3.63. The third-order valence-corrected chi connectivity index (χ3v) is 4.29. The molecule has 1 aromatic rings. The first kappa shape index (κ1) is 14.9. The molecule has 0 spiro atoms. The van der Waals surface area contributed by atoms with Crippen molar-refractivity contribution in [2.24, 2.45) is 10.9 Å². The first-order valence-corrected chi connectivity index (χ1v) is 8.15. The predicted octanol–water partition coefficient (Wildman–Crippen LogP) is 2.25. The van der Waals surface area contributed by atoms with Crippen LogP contribution in [0.3, 0.4) is 0 Å². The molecule has 0 radical (unpaired) electrons. The molecular formula is C17H24N4O. The van der Waals surface area contributed by atoms with Crippen LogP contribution in [0.2, 0.25) is 0 Å². The van der Waals surface area contributed by atoms with Gasteiger partial charge in [-0.05, 0) is 37.5 Å². The minimum absolute atomic E-state index is 0.165. The van der Waals surface area contributed by atoms with Gasteiger partial charge in [0.1, 0.15) is 0 Å². The SMILES string of the molecule is CC1CN=C(NCc2cccc(NC(=O)C3CCCC3)c2)N1. The van der Waals surface area contributed by atoms with E-state index in [4.69, 9.17) is 0 Å². The maximum atomic E-state index is 12.2. The molecule has 0 aromatic heterocycles. The topological polar surface area (TPSA) is 65.5 Å². The maximum Gasteiger partial charge on any atom is 0.227 e. The summed E-state index contributed by atoms with van der Waals surface area (Å²) in [6.07, 6.45) is 4.40. The van der Waals surface area contributed by atoms with Crippen LogP contribution in [0, 0.1) is 5.92 Å². The lowest BCUT2D eigenvalue weighted by molar-refractivity contribution is -0.119. The monoisotopic (exact) mass is 300 g/mol.